The Bertz CT molecular complexity index is 2490. The van der Waals surface area contributed by atoms with Crippen LogP contribution in [-0.4, -0.2) is 83.4 Å². The highest BCUT2D eigenvalue weighted by Gasteiger charge is 2.24. The molecule has 0 saturated carbocycles. The second-order valence-corrected chi connectivity index (χ2v) is 15.7. The molecule has 2 atom stereocenters. The SMILES string of the molecule is CSCCC(N)C(=O)On1cc(OC(=O)c2cc(-c3csc(-c4ccncc4)n3)c(=O)n(OC(=O)C(N)CCSC)c2)cc(-c2csc(-c3ccncc3)n2)c1=O. The van der Waals surface area contributed by atoms with E-state index in [-0.39, 0.29) is 46.7 Å². The molecule has 0 aliphatic carbocycles. The van der Waals surface area contributed by atoms with E-state index in [0.717, 1.165) is 23.5 Å². The molecule has 16 nitrogen and oxygen atoms in total. The average Bonchev–Trinajstić information content (AvgIpc) is 3.93. The predicted octanol–water partition coefficient (Wildman–Crippen LogP) is 3.67. The van der Waals surface area contributed by atoms with Gasteiger partial charge in [-0.2, -0.15) is 23.5 Å². The first-order chi connectivity index (χ1) is 27.6. The standard InChI is InChI=1S/C37H34N8O8S4/c1-54-13-7-27(38)36(49)52-44-17-23(15-25(33(44)46)29-19-56-31(42-29)21-3-9-40-10-4-21)35(48)51-24-16-26(30-20-57-32(43-30)22-5-11-41-12-6-22)34(47)45(18-24)53-37(50)28(39)8-14-55-2/h3-6,9-12,15-20,27-28H,7-8,13-14,38-39H2,1-2H3. The monoisotopic (exact) mass is 846 g/mol. The largest absolute Gasteiger partial charge is 0.421 e. The lowest BCUT2D eigenvalue weighted by Gasteiger charge is -2.15. The summed E-state index contributed by atoms with van der Waals surface area (Å²) >= 11 is 5.47. The maximum Gasteiger partial charge on any atom is 0.349 e. The third-order valence-electron chi connectivity index (χ3n) is 8.06. The van der Waals surface area contributed by atoms with Gasteiger partial charge in [0.2, 0.25) is 0 Å². The van der Waals surface area contributed by atoms with E-state index in [0.29, 0.717) is 31.0 Å². The molecule has 0 spiro atoms. The summed E-state index contributed by atoms with van der Waals surface area (Å²) in [5, 5.41) is 4.38. The molecule has 6 rings (SSSR count). The van der Waals surface area contributed by atoms with Crippen molar-refractivity contribution in [2.75, 3.05) is 24.0 Å². The normalized spacial score (nSPS) is 12.1. The molecule has 2 unspecified atom stereocenters. The van der Waals surface area contributed by atoms with Gasteiger partial charge in [-0.25, -0.2) is 24.4 Å². The lowest BCUT2D eigenvalue weighted by Crippen LogP contribution is -2.42. The molecule has 0 aromatic carbocycles. The fourth-order valence-electron chi connectivity index (χ4n) is 5.03. The third kappa shape index (κ3) is 10.1. The van der Waals surface area contributed by atoms with Crippen LogP contribution in [0.1, 0.15) is 23.2 Å². The van der Waals surface area contributed by atoms with E-state index in [1.165, 1.54) is 58.3 Å². The molecule has 6 heterocycles. The molecule has 6 aromatic rings. The summed E-state index contributed by atoms with van der Waals surface area (Å²) in [5.41, 5.74) is 12.0. The Labute approximate surface area is 341 Å². The number of thiazole rings is 2. The Morgan fingerprint density at radius 3 is 1.65 bits per heavy atom. The highest BCUT2D eigenvalue weighted by molar-refractivity contribution is 7.98. The number of pyridine rings is 4. The van der Waals surface area contributed by atoms with Crippen LogP contribution in [0.25, 0.3) is 43.7 Å². The molecule has 294 valence electrons. The number of hydrogen-bond donors (Lipinski definition) is 2. The minimum Gasteiger partial charge on any atom is -0.421 e. The zero-order valence-corrected chi connectivity index (χ0v) is 33.6. The van der Waals surface area contributed by atoms with Crippen molar-refractivity contribution in [1.29, 1.82) is 0 Å². The third-order valence-corrected chi connectivity index (χ3v) is 11.1. The lowest BCUT2D eigenvalue weighted by atomic mass is 10.1. The second kappa shape index (κ2) is 19.1. The molecule has 0 aliphatic rings. The van der Waals surface area contributed by atoms with E-state index < -0.39 is 41.1 Å². The molecular formula is C37H34N8O8S4. The summed E-state index contributed by atoms with van der Waals surface area (Å²) in [6, 6.07) is 7.43. The van der Waals surface area contributed by atoms with Gasteiger partial charge in [0.25, 0.3) is 11.1 Å². The Kier molecular flexibility index (Phi) is 13.8. The number of rotatable bonds is 16. The highest BCUT2D eigenvalue weighted by atomic mass is 32.2. The summed E-state index contributed by atoms with van der Waals surface area (Å²) in [7, 11) is 0. The van der Waals surface area contributed by atoms with Crippen LogP contribution in [0.3, 0.4) is 0 Å². The number of aromatic nitrogens is 6. The molecule has 0 saturated heterocycles. The van der Waals surface area contributed by atoms with Gasteiger partial charge in [0.1, 0.15) is 22.1 Å². The summed E-state index contributed by atoms with van der Waals surface area (Å²) in [6.07, 6.45) is 12.7. The van der Waals surface area contributed by atoms with Gasteiger partial charge in [-0.3, -0.25) is 19.6 Å². The Morgan fingerprint density at radius 1 is 0.719 bits per heavy atom. The van der Waals surface area contributed by atoms with Crippen molar-refractivity contribution < 1.29 is 28.8 Å². The Morgan fingerprint density at radius 2 is 1.18 bits per heavy atom. The number of ether oxygens (including phenoxy) is 1. The van der Waals surface area contributed by atoms with Crippen LogP contribution in [-0.2, 0) is 9.59 Å². The van der Waals surface area contributed by atoms with Gasteiger partial charge >= 0.3 is 17.9 Å². The minimum atomic E-state index is -1.05. The molecule has 57 heavy (non-hydrogen) atoms. The Hall–Kier alpha value is -5.51. The van der Waals surface area contributed by atoms with Crippen LogP contribution in [0.4, 0.5) is 0 Å². The van der Waals surface area contributed by atoms with Gasteiger partial charge in [0.15, 0.2) is 5.75 Å². The van der Waals surface area contributed by atoms with Gasteiger partial charge in [0.05, 0.1) is 40.5 Å². The molecule has 20 heteroatoms. The van der Waals surface area contributed by atoms with Crippen LogP contribution < -0.4 is 37.0 Å². The van der Waals surface area contributed by atoms with Gasteiger partial charge in [-0.1, -0.05) is 0 Å². The topological polar surface area (TPSA) is 226 Å². The smallest absolute Gasteiger partial charge is 0.349 e. The van der Waals surface area contributed by atoms with Crippen molar-refractivity contribution in [2.45, 2.75) is 24.9 Å². The molecule has 0 aliphatic heterocycles. The van der Waals surface area contributed by atoms with E-state index >= 15 is 0 Å². The first-order valence-corrected chi connectivity index (χ1v) is 21.5. The van der Waals surface area contributed by atoms with Crippen LogP contribution >= 0.6 is 46.2 Å². The first kappa shape index (κ1) is 41.1. The van der Waals surface area contributed by atoms with E-state index in [2.05, 4.69) is 19.9 Å². The average molecular weight is 847 g/mol. The zero-order valence-electron chi connectivity index (χ0n) is 30.3. The van der Waals surface area contributed by atoms with Gasteiger partial charge in [-0.15, -0.1) is 32.1 Å². The fraction of sp³-hybridized carbons (Fsp3) is 0.216. The van der Waals surface area contributed by atoms with Crippen LogP contribution in [0, 0.1) is 0 Å². The van der Waals surface area contributed by atoms with Crippen molar-refractivity contribution in [3.05, 3.63) is 111 Å². The number of nitrogens with zero attached hydrogens (tertiary/aromatic N) is 6. The fourth-order valence-corrected chi connectivity index (χ4v) is 7.66. The number of esters is 1. The van der Waals surface area contributed by atoms with E-state index in [1.54, 1.807) is 59.8 Å². The molecule has 0 radical (unpaired) electrons. The maximum absolute atomic E-state index is 14.0. The maximum atomic E-state index is 14.0. The van der Waals surface area contributed by atoms with E-state index in [1.807, 2.05) is 12.5 Å². The van der Waals surface area contributed by atoms with Crippen molar-refractivity contribution in [3.63, 3.8) is 0 Å². The molecule has 0 bridgehead atoms. The number of carbonyl (C=O) groups excluding carboxylic acids is 3. The molecular weight excluding hydrogens is 813 g/mol. The highest BCUT2D eigenvalue weighted by Crippen LogP contribution is 2.30. The first-order valence-electron chi connectivity index (χ1n) is 17.0. The zero-order chi connectivity index (χ0) is 40.5. The number of carbonyl (C=O) groups is 3. The van der Waals surface area contributed by atoms with Crippen molar-refractivity contribution in [2.24, 2.45) is 11.5 Å². The van der Waals surface area contributed by atoms with Crippen LogP contribution in [0.15, 0.2) is 93.9 Å². The lowest BCUT2D eigenvalue weighted by molar-refractivity contribution is -0.147. The number of hydrogen-bond acceptors (Lipinski definition) is 18. The molecule has 0 amide bonds. The van der Waals surface area contributed by atoms with Crippen molar-refractivity contribution >= 4 is 64.1 Å². The minimum absolute atomic E-state index is 0.0627. The Balaban J connectivity index is 1.39. The predicted molar refractivity (Wildman–Crippen MR) is 220 cm³/mol. The second-order valence-electron chi connectivity index (χ2n) is 12.0. The summed E-state index contributed by atoms with van der Waals surface area (Å²) in [6.45, 7) is 0. The number of nitrogens with two attached hydrogens (primary N) is 2. The number of thioether (sulfide) groups is 2. The van der Waals surface area contributed by atoms with E-state index in [9.17, 15) is 24.0 Å². The van der Waals surface area contributed by atoms with Crippen molar-refractivity contribution in [1.82, 2.24) is 29.4 Å². The quantitative estimate of drug-likeness (QED) is 0.133. The molecule has 6 aromatic heterocycles. The summed E-state index contributed by atoms with van der Waals surface area (Å²) in [4.78, 5) is 95.5. The van der Waals surface area contributed by atoms with Crippen LogP contribution in [0.2, 0.25) is 0 Å². The molecule has 4 N–H and O–H groups in total. The van der Waals surface area contributed by atoms with Gasteiger partial charge in [0, 0.05) is 46.7 Å². The van der Waals surface area contributed by atoms with Crippen molar-refractivity contribution in [3.8, 4) is 49.4 Å². The van der Waals surface area contributed by atoms with E-state index in [4.69, 9.17) is 25.9 Å². The van der Waals surface area contributed by atoms with Gasteiger partial charge in [-0.05, 0) is 73.3 Å². The summed E-state index contributed by atoms with van der Waals surface area (Å²) < 4.78 is 7.00. The van der Waals surface area contributed by atoms with Crippen LogP contribution in [0.5, 0.6) is 5.75 Å². The summed E-state index contributed by atoms with van der Waals surface area (Å²) in [5.74, 6) is -1.93. The molecule has 0 fully saturated rings. The van der Waals surface area contributed by atoms with Gasteiger partial charge < -0.3 is 25.9 Å².